The number of nitrogens with zero attached hydrogens (tertiary/aromatic N) is 3. The Morgan fingerprint density at radius 2 is 1.96 bits per heavy atom. The van der Waals surface area contributed by atoms with Crippen molar-refractivity contribution in [3.05, 3.63) is 53.7 Å². The van der Waals surface area contributed by atoms with Crippen molar-refractivity contribution < 1.29 is 9.21 Å². The van der Waals surface area contributed by atoms with Gasteiger partial charge in [-0.3, -0.25) is 9.69 Å². The Balaban J connectivity index is 1.54. The van der Waals surface area contributed by atoms with Gasteiger partial charge in [0.1, 0.15) is 6.26 Å². The molecule has 1 unspecified atom stereocenters. The Labute approximate surface area is 135 Å². The van der Waals surface area contributed by atoms with Crippen LogP contribution in [-0.4, -0.2) is 46.9 Å². The summed E-state index contributed by atoms with van der Waals surface area (Å²) < 4.78 is 5.24. The highest BCUT2D eigenvalue weighted by atomic mass is 16.3. The molecular weight excluding hydrogens is 292 g/mol. The number of carbonyl (C=O) groups excluding carboxylic acids is 1. The molecule has 3 rings (SSSR count). The van der Waals surface area contributed by atoms with Crippen molar-refractivity contribution in [1.82, 2.24) is 14.8 Å². The monoisotopic (exact) mass is 314 g/mol. The van der Waals surface area contributed by atoms with Crippen molar-refractivity contribution in [3.8, 4) is 0 Å². The summed E-state index contributed by atoms with van der Waals surface area (Å²) >= 11 is 0. The second kappa shape index (κ2) is 6.93. The quantitative estimate of drug-likeness (QED) is 0.929. The van der Waals surface area contributed by atoms with Gasteiger partial charge in [0, 0.05) is 32.7 Å². The van der Waals surface area contributed by atoms with E-state index in [9.17, 15) is 4.79 Å². The van der Waals surface area contributed by atoms with Crippen LogP contribution in [0.25, 0.3) is 0 Å². The summed E-state index contributed by atoms with van der Waals surface area (Å²) in [5.74, 6) is 0.316. The summed E-state index contributed by atoms with van der Waals surface area (Å²) in [5.41, 5.74) is 7.35. The molecule has 1 aliphatic heterocycles. The van der Waals surface area contributed by atoms with Crippen LogP contribution in [0.1, 0.15) is 34.9 Å². The van der Waals surface area contributed by atoms with Crippen molar-refractivity contribution >= 4 is 5.91 Å². The lowest BCUT2D eigenvalue weighted by Gasteiger charge is -2.34. The first-order valence-corrected chi connectivity index (χ1v) is 7.90. The summed E-state index contributed by atoms with van der Waals surface area (Å²) in [7, 11) is 0. The second-order valence-corrected chi connectivity index (χ2v) is 5.91. The number of carbonyl (C=O) groups is 1. The zero-order valence-corrected chi connectivity index (χ0v) is 13.3. The number of aromatic nitrogens is 1. The van der Waals surface area contributed by atoms with Gasteiger partial charge in [0.05, 0.1) is 6.04 Å². The van der Waals surface area contributed by atoms with Gasteiger partial charge >= 0.3 is 0 Å². The number of hydrogen-bond donors (Lipinski definition) is 1. The standard InChI is InChI=1S/C17H22N4O2/c1-13(18)16-19-15(12-23-16)17(22)21-9-7-20(8-10-21)11-14-5-3-2-4-6-14/h2-6,12-13H,7-11,18H2,1H3. The molecule has 1 amide bonds. The van der Waals surface area contributed by atoms with Crippen LogP contribution >= 0.6 is 0 Å². The highest BCUT2D eigenvalue weighted by Crippen LogP contribution is 2.14. The van der Waals surface area contributed by atoms with E-state index in [0.717, 1.165) is 19.6 Å². The Morgan fingerprint density at radius 3 is 2.57 bits per heavy atom. The molecule has 2 N–H and O–H groups in total. The molecule has 23 heavy (non-hydrogen) atoms. The molecule has 1 saturated heterocycles. The van der Waals surface area contributed by atoms with E-state index in [1.165, 1.54) is 11.8 Å². The van der Waals surface area contributed by atoms with Gasteiger partial charge in [-0.2, -0.15) is 0 Å². The zero-order chi connectivity index (χ0) is 16.2. The maximum absolute atomic E-state index is 12.4. The molecule has 0 radical (unpaired) electrons. The molecule has 1 aliphatic rings. The average Bonchev–Trinajstić information content (AvgIpc) is 3.06. The van der Waals surface area contributed by atoms with Gasteiger partial charge in [-0.1, -0.05) is 30.3 Å². The SMILES string of the molecule is CC(N)c1nc(C(=O)N2CCN(Cc3ccccc3)CC2)co1. The third kappa shape index (κ3) is 3.78. The van der Waals surface area contributed by atoms with Crippen LogP contribution in [0.5, 0.6) is 0 Å². The first-order valence-electron chi connectivity index (χ1n) is 7.90. The summed E-state index contributed by atoms with van der Waals surface area (Å²) in [6.07, 6.45) is 1.40. The van der Waals surface area contributed by atoms with Crippen LogP contribution in [0.2, 0.25) is 0 Å². The lowest BCUT2D eigenvalue weighted by atomic mass is 10.2. The molecule has 2 heterocycles. The Kier molecular flexibility index (Phi) is 4.73. The van der Waals surface area contributed by atoms with E-state index in [0.29, 0.717) is 24.7 Å². The molecule has 0 spiro atoms. The van der Waals surface area contributed by atoms with Crippen LogP contribution in [0.15, 0.2) is 41.0 Å². The average molecular weight is 314 g/mol. The number of oxazole rings is 1. The molecule has 6 nitrogen and oxygen atoms in total. The summed E-state index contributed by atoms with van der Waals surface area (Å²) in [6.45, 7) is 5.82. The topological polar surface area (TPSA) is 75.6 Å². The van der Waals surface area contributed by atoms with E-state index in [1.54, 1.807) is 6.92 Å². The Morgan fingerprint density at radius 1 is 1.26 bits per heavy atom. The molecule has 1 atom stereocenters. The predicted molar refractivity (Wildman–Crippen MR) is 86.7 cm³/mol. The fourth-order valence-electron chi connectivity index (χ4n) is 2.71. The molecule has 2 aromatic rings. The zero-order valence-electron chi connectivity index (χ0n) is 13.3. The molecule has 0 saturated carbocycles. The molecule has 1 aromatic heterocycles. The Bertz CT molecular complexity index is 646. The molecule has 1 aromatic carbocycles. The Hall–Kier alpha value is -2.18. The van der Waals surface area contributed by atoms with Gasteiger partial charge < -0.3 is 15.1 Å². The molecule has 0 bridgehead atoms. The van der Waals surface area contributed by atoms with Gasteiger partial charge in [-0.15, -0.1) is 0 Å². The van der Waals surface area contributed by atoms with Crippen molar-refractivity contribution in [1.29, 1.82) is 0 Å². The summed E-state index contributed by atoms with van der Waals surface area (Å²) in [6, 6.07) is 10.1. The van der Waals surface area contributed by atoms with Crippen LogP contribution < -0.4 is 5.73 Å². The van der Waals surface area contributed by atoms with E-state index in [1.807, 2.05) is 11.0 Å². The largest absolute Gasteiger partial charge is 0.446 e. The van der Waals surface area contributed by atoms with Crippen LogP contribution in [0, 0.1) is 0 Å². The van der Waals surface area contributed by atoms with E-state index < -0.39 is 0 Å². The van der Waals surface area contributed by atoms with Gasteiger partial charge in [-0.25, -0.2) is 4.98 Å². The minimum Gasteiger partial charge on any atom is -0.446 e. The smallest absolute Gasteiger partial charge is 0.275 e. The lowest BCUT2D eigenvalue weighted by molar-refractivity contribution is 0.0622. The number of nitrogens with two attached hydrogens (primary N) is 1. The van der Waals surface area contributed by atoms with Crippen molar-refractivity contribution in [2.24, 2.45) is 5.73 Å². The maximum atomic E-state index is 12.4. The number of benzene rings is 1. The molecule has 122 valence electrons. The maximum Gasteiger partial charge on any atom is 0.275 e. The van der Waals surface area contributed by atoms with Gasteiger partial charge in [0.15, 0.2) is 5.69 Å². The minimum absolute atomic E-state index is 0.0833. The summed E-state index contributed by atoms with van der Waals surface area (Å²) in [5, 5.41) is 0. The van der Waals surface area contributed by atoms with Gasteiger partial charge in [0.2, 0.25) is 5.89 Å². The summed E-state index contributed by atoms with van der Waals surface area (Å²) in [4.78, 5) is 20.8. The number of amides is 1. The van der Waals surface area contributed by atoms with E-state index in [4.69, 9.17) is 10.2 Å². The number of piperazine rings is 1. The second-order valence-electron chi connectivity index (χ2n) is 5.91. The van der Waals surface area contributed by atoms with Crippen molar-refractivity contribution in [3.63, 3.8) is 0 Å². The number of rotatable bonds is 4. The van der Waals surface area contributed by atoms with Crippen molar-refractivity contribution in [2.75, 3.05) is 26.2 Å². The lowest BCUT2D eigenvalue weighted by Crippen LogP contribution is -2.48. The highest BCUT2D eigenvalue weighted by Gasteiger charge is 2.24. The van der Waals surface area contributed by atoms with Crippen LogP contribution in [-0.2, 0) is 6.54 Å². The minimum atomic E-state index is -0.306. The fourth-order valence-corrected chi connectivity index (χ4v) is 2.71. The van der Waals surface area contributed by atoms with E-state index in [2.05, 4.69) is 34.1 Å². The predicted octanol–water partition coefficient (Wildman–Crippen LogP) is 1.65. The number of hydrogen-bond acceptors (Lipinski definition) is 5. The highest BCUT2D eigenvalue weighted by molar-refractivity contribution is 5.92. The van der Waals surface area contributed by atoms with Crippen LogP contribution in [0.3, 0.4) is 0 Å². The first kappa shape index (κ1) is 15.7. The van der Waals surface area contributed by atoms with Gasteiger partial charge in [-0.05, 0) is 12.5 Å². The van der Waals surface area contributed by atoms with Crippen molar-refractivity contribution in [2.45, 2.75) is 19.5 Å². The van der Waals surface area contributed by atoms with Gasteiger partial charge in [0.25, 0.3) is 5.91 Å². The third-order valence-electron chi connectivity index (χ3n) is 4.04. The van der Waals surface area contributed by atoms with E-state index in [-0.39, 0.29) is 11.9 Å². The normalized spacial score (nSPS) is 17.2. The fraction of sp³-hybridized carbons (Fsp3) is 0.412. The molecular formula is C17H22N4O2. The molecule has 1 fully saturated rings. The first-order chi connectivity index (χ1) is 11.1. The molecule has 0 aliphatic carbocycles. The van der Waals surface area contributed by atoms with Crippen LogP contribution in [0.4, 0.5) is 0 Å². The van der Waals surface area contributed by atoms with E-state index >= 15 is 0 Å². The third-order valence-corrected chi connectivity index (χ3v) is 4.04. The molecule has 6 heteroatoms.